The largest absolute Gasteiger partial charge is 0.467 e. The van der Waals surface area contributed by atoms with Gasteiger partial charge in [0.25, 0.3) is 5.91 Å². The summed E-state index contributed by atoms with van der Waals surface area (Å²) >= 11 is 3.40. The van der Waals surface area contributed by atoms with Gasteiger partial charge < -0.3 is 10.1 Å². The van der Waals surface area contributed by atoms with E-state index in [1.165, 1.54) is 0 Å². The molecular weight excluding hydrogens is 318 g/mol. The first-order chi connectivity index (χ1) is 9.71. The van der Waals surface area contributed by atoms with Gasteiger partial charge in [-0.25, -0.2) is 0 Å². The van der Waals surface area contributed by atoms with E-state index in [0.29, 0.717) is 5.56 Å². The van der Waals surface area contributed by atoms with E-state index in [1.807, 2.05) is 48.5 Å². The molecular formula is C16H10BrNO2. The van der Waals surface area contributed by atoms with Crippen LogP contribution in [0.3, 0.4) is 0 Å². The van der Waals surface area contributed by atoms with Gasteiger partial charge in [0.05, 0.1) is 11.8 Å². The van der Waals surface area contributed by atoms with E-state index >= 15 is 0 Å². The summed E-state index contributed by atoms with van der Waals surface area (Å²) in [5, 5.41) is 2.98. The second-order valence-corrected chi connectivity index (χ2v) is 5.75. The Morgan fingerprint density at radius 3 is 2.85 bits per heavy atom. The zero-order valence-electron chi connectivity index (χ0n) is 10.4. The summed E-state index contributed by atoms with van der Waals surface area (Å²) in [6.07, 6.45) is 3.54. The van der Waals surface area contributed by atoms with Crippen LogP contribution in [0, 0.1) is 0 Å². The topological polar surface area (TPSA) is 38.3 Å². The van der Waals surface area contributed by atoms with Crippen LogP contribution in [0.15, 0.2) is 53.2 Å². The second kappa shape index (κ2) is 3.96. The molecule has 0 saturated heterocycles. The maximum atomic E-state index is 12.3. The molecule has 0 bridgehead atoms. The third-order valence-corrected chi connectivity index (χ3v) is 4.22. The SMILES string of the molecule is O=C1NC2(OC=Cc3ccccc32)c2ccc(Br)cc21. The van der Waals surface area contributed by atoms with Crippen LogP contribution in [-0.4, -0.2) is 5.91 Å². The minimum atomic E-state index is -0.904. The van der Waals surface area contributed by atoms with E-state index in [0.717, 1.165) is 21.2 Å². The van der Waals surface area contributed by atoms with Gasteiger partial charge in [-0.2, -0.15) is 0 Å². The zero-order chi connectivity index (χ0) is 13.7. The number of ether oxygens (including phenoxy) is 1. The Balaban J connectivity index is 2.02. The molecule has 2 heterocycles. The zero-order valence-corrected chi connectivity index (χ0v) is 12.0. The minimum absolute atomic E-state index is 0.119. The van der Waals surface area contributed by atoms with Crippen LogP contribution in [0.5, 0.6) is 0 Å². The molecule has 2 aromatic rings. The lowest BCUT2D eigenvalue weighted by Gasteiger charge is -2.33. The van der Waals surface area contributed by atoms with Crippen molar-refractivity contribution in [1.29, 1.82) is 0 Å². The Labute approximate surface area is 124 Å². The van der Waals surface area contributed by atoms with Crippen LogP contribution in [0.2, 0.25) is 0 Å². The van der Waals surface area contributed by atoms with Crippen molar-refractivity contribution in [3.05, 3.63) is 75.5 Å². The summed E-state index contributed by atoms with van der Waals surface area (Å²) in [4.78, 5) is 12.3. The first-order valence-corrected chi connectivity index (χ1v) is 7.06. The van der Waals surface area contributed by atoms with Crippen LogP contribution < -0.4 is 5.32 Å². The molecule has 4 heteroatoms. The van der Waals surface area contributed by atoms with Crippen LogP contribution in [0.1, 0.15) is 27.0 Å². The molecule has 4 rings (SSSR count). The van der Waals surface area contributed by atoms with Gasteiger partial charge in [0.15, 0.2) is 0 Å². The summed E-state index contributed by atoms with van der Waals surface area (Å²) < 4.78 is 6.74. The number of rotatable bonds is 0. The van der Waals surface area contributed by atoms with Crippen molar-refractivity contribution in [2.45, 2.75) is 5.72 Å². The number of nitrogens with one attached hydrogen (secondary N) is 1. The van der Waals surface area contributed by atoms with Gasteiger partial charge in [-0.3, -0.25) is 4.79 Å². The first-order valence-electron chi connectivity index (χ1n) is 6.27. The lowest BCUT2D eigenvalue weighted by molar-refractivity contribution is 0.0306. The first kappa shape index (κ1) is 11.7. The van der Waals surface area contributed by atoms with E-state index in [-0.39, 0.29) is 5.91 Å². The lowest BCUT2D eigenvalue weighted by atomic mass is 9.89. The third-order valence-electron chi connectivity index (χ3n) is 3.73. The Bertz CT molecular complexity index is 769. The van der Waals surface area contributed by atoms with Crippen molar-refractivity contribution in [2.75, 3.05) is 0 Å². The van der Waals surface area contributed by atoms with Crippen molar-refractivity contribution in [1.82, 2.24) is 5.32 Å². The summed E-state index contributed by atoms with van der Waals surface area (Å²) in [7, 11) is 0. The van der Waals surface area contributed by atoms with Gasteiger partial charge in [0, 0.05) is 15.6 Å². The van der Waals surface area contributed by atoms with Gasteiger partial charge in [0.2, 0.25) is 5.72 Å². The molecule has 20 heavy (non-hydrogen) atoms. The maximum Gasteiger partial charge on any atom is 0.255 e. The van der Waals surface area contributed by atoms with Gasteiger partial charge in [-0.15, -0.1) is 0 Å². The quantitative estimate of drug-likeness (QED) is 0.805. The van der Waals surface area contributed by atoms with Crippen molar-refractivity contribution in [3.63, 3.8) is 0 Å². The van der Waals surface area contributed by atoms with Crippen molar-refractivity contribution in [3.8, 4) is 0 Å². The maximum absolute atomic E-state index is 12.3. The van der Waals surface area contributed by atoms with E-state index in [9.17, 15) is 4.79 Å². The molecule has 1 atom stereocenters. The van der Waals surface area contributed by atoms with Crippen LogP contribution in [-0.2, 0) is 10.5 Å². The highest BCUT2D eigenvalue weighted by Crippen LogP contribution is 2.42. The second-order valence-electron chi connectivity index (χ2n) is 4.83. The van der Waals surface area contributed by atoms with Crippen molar-refractivity contribution >= 4 is 27.9 Å². The highest BCUT2D eigenvalue weighted by molar-refractivity contribution is 9.10. The number of hydrogen-bond acceptors (Lipinski definition) is 2. The molecule has 1 spiro atoms. The van der Waals surface area contributed by atoms with Crippen LogP contribution >= 0.6 is 15.9 Å². The highest BCUT2D eigenvalue weighted by atomic mass is 79.9. The molecule has 1 N–H and O–H groups in total. The monoisotopic (exact) mass is 327 g/mol. The smallest absolute Gasteiger partial charge is 0.255 e. The average molecular weight is 328 g/mol. The molecule has 0 saturated carbocycles. The number of carbonyl (C=O) groups is 1. The highest BCUT2D eigenvalue weighted by Gasteiger charge is 2.48. The molecule has 0 radical (unpaired) electrons. The fourth-order valence-corrected chi connectivity index (χ4v) is 3.21. The number of halogens is 1. The normalized spacial score (nSPS) is 22.1. The summed E-state index contributed by atoms with van der Waals surface area (Å²) in [5.41, 5.74) is 2.59. The fraction of sp³-hybridized carbons (Fsp3) is 0.0625. The standard InChI is InChI=1S/C16H10BrNO2/c17-11-5-6-14-12(9-11)15(19)18-16(14)13-4-2-1-3-10(13)7-8-20-16/h1-9H,(H,18,19). The number of benzene rings is 2. The molecule has 1 unspecified atom stereocenters. The number of carbonyl (C=O) groups excluding carboxylic acids is 1. The number of fused-ring (bicyclic) bond motifs is 4. The van der Waals surface area contributed by atoms with Gasteiger partial charge in [0.1, 0.15) is 0 Å². The Kier molecular flexibility index (Phi) is 2.32. The molecule has 0 aliphatic carbocycles. The average Bonchev–Trinajstić information content (AvgIpc) is 2.73. The van der Waals surface area contributed by atoms with Gasteiger partial charge in [-0.1, -0.05) is 46.3 Å². The molecule has 98 valence electrons. The summed E-state index contributed by atoms with van der Waals surface area (Å²) in [5.74, 6) is -0.119. The van der Waals surface area contributed by atoms with Crippen LogP contribution in [0.4, 0.5) is 0 Å². The Hall–Kier alpha value is -2.07. The summed E-state index contributed by atoms with van der Waals surface area (Å²) in [6.45, 7) is 0. The third kappa shape index (κ3) is 1.42. The summed E-state index contributed by atoms with van der Waals surface area (Å²) in [6, 6.07) is 13.6. The molecule has 0 aromatic heterocycles. The molecule has 3 nitrogen and oxygen atoms in total. The van der Waals surface area contributed by atoms with Gasteiger partial charge >= 0.3 is 0 Å². The Morgan fingerprint density at radius 2 is 1.95 bits per heavy atom. The molecule has 1 amide bonds. The van der Waals surface area contributed by atoms with E-state index in [4.69, 9.17) is 4.74 Å². The number of hydrogen-bond donors (Lipinski definition) is 1. The van der Waals surface area contributed by atoms with Crippen LogP contribution in [0.25, 0.3) is 6.08 Å². The van der Waals surface area contributed by atoms with E-state index in [2.05, 4.69) is 21.2 Å². The van der Waals surface area contributed by atoms with Crippen molar-refractivity contribution < 1.29 is 9.53 Å². The fourth-order valence-electron chi connectivity index (χ4n) is 2.85. The molecule has 2 aliphatic rings. The predicted octanol–water partition coefficient (Wildman–Crippen LogP) is 3.39. The van der Waals surface area contributed by atoms with Gasteiger partial charge in [-0.05, 0) is 23.8 Å². The minimum Gasteiger partial charge on any atom is -0.467 e. The number of amides is 1. The Morgan fingerprint density at radius 1 is 1.10 bits per heavy atom. The predicted molar refractivity (Wildman–Crippen MR) is 78.9 cm³/mol. The van der Waals surface area contributed by atoms with E-state index < -0.39 is 5.72 Å². The molecule has 2 aromatic carbocycles. The van der Waals surface area contributed by atoms with E-state index in [1.54, 1.807) is 6.26 Å². The molecule has 0 fully saturated rings. The van der Waals surface area contributed by atoms with Crippen molar-refractivity contribution in [2.24, 2.45) is 0 Å². The molecule has 2 aliphatic heterocycles. The lowest BCUT2D eigenvalue weighted by Crippen LogP contribution is -2.43.